The van der Waals surface area contributed by atoms with E-state index in [0.29, 0.717) is 23.6 Å². The molecule has 0 unspecified atom stereocenters. The van der Waals surface area contributed by atoms with Crippen LogP contribution < -0.4 is 15.5 Å². The topological polar surface area (TPSA) is 99.5 Å². The van der Waals surface area contributed by atoms with Crippen molar-refractivity contribution >= 4 is 28.2 Å². The molecule has 2 heterocycles. The number of nitrogens with one attached hydrogen (secondary N) is 1. The van der Waals surface area contributed by atoms with Crippen LogP contribution in [0.5, 0.6) is 5.75 Å². The van der Waals surface area contributed by atoms with Crippen LogP contribution in [0.25, 0.3) is 16.8 Å². The fraction of sp³-hybridized carbons (Fsp3) is 0.154. The Morgan fingerprint density at radius 1 is 1.00 bits per heavy atom. The Bertz CT molecular complexity index is 1390. The number of carbonyl (C=O) groups is 2. The summed E-state index contributed by atoms with van der Waals surface area (Å²) in [6.45, 7) is 4.33. The minimum Gasteiger partial charge on any atom is -0.494 e. The zero-order chi connectivity index (χ0) is 24.8. The first-order valence-electron chi connectivity index (χ1n) is 11.0. The number of nitrogens with zero attached hydrogens (tertiary/aromatic N) is 2. The van der Waals surface area contributed by atoms with Gasteiger partial charge in [-0.15, -0.1) is 11.3 Å². The van der Waals surface area contributed by atoms with E-state index in [-0.39, 0.29) is 22.9 Å². The lowest BCUT2D eigenvalue weighted by Crippen LogP contribution is -2.25. The van der Waals surface area contributed by atoms with Gasteiger partial charge in [0, 0.05) is 23.2 Å². The predicted octanol–water partition coefficient (Wildman–Crippen LogP) is 4.79. The SMILES string of the molecule is CCOC(=O)c1c(-c2ccccc2)csc1NC(=O)c1nn(-c2ccc(OCC)cc2)ccc1=O. The smallest absolute Gasteiger partial charge is 0.341 e. The number of carbonyl (C=O) groups excluding carboxylic acids is 2. The minimum absolute atomic E-state index is 0.184. The van der Waals surface area contributed by atoms with Gasteiger partial charge in [0.1, 0.15) is 16.3 Å². The first-order chi connectivity index (χ1) is 17.0. The van der Waals surface area contributed by atoms with Gasteiger partial charge in [0.05, 0.1) is 18.9 Å². The monoisotopic (exact) mass is 489 g/mol. The lowest BCUT2D eigenvalue weighted by atomic mass is 10.0. The van der Waals surface area contributed by atoms with Crippen molar-refractivity contribution in [3.05, 3.63) is 93.7 Å². The summed E-state index contributed by atoms with van der Waals surface area (Å²) in [4.78, 5) is 38.3. The number of hydrogen-bond donors (Lipinski definition) is 1. The lowest BCUT2D eigenvalue weighted by Gasteiger charge is -2.10. The molecule has 178 valence electrons. The van der Waals surface area contributed by atoms with Crippen molar-refractivity contribution in [2.24, 2.45) is 0 Å². The fourth-order valence-electron chi connectivity index (χ4n) is 3.42. The van der Waals surface area contributed by atoms with Crippen LogP contribution in [-0.2, 0) is 4.74 Å². The Hall–Kier alpha value is -4.24. The normalized spacial score (nSPS) is 10.6. The molecule has 0 aliphatic rings. The molecule has 0 saturated heterocycles. The zero-order valence-corrected chi connectivity index (χ0v) is 20.0. The summed E-state index contributed by atoms with van der Waals surface area (Å²) in [6.07, 6.45) is 1.48. The molecular formula is C26H23N3O5S. The number of anilines is 1. The first-order valence-corrected chi connectivity index (χ1v) is 11.9. The van der Waals surface area contributed by atoms with Crippen LogP contribution in [0.3, 0.4) is 0 Å². The highest BCUT2D eigenvalue weighted by Crippen LogP contribution is 2.36. The number of ether oxygens (including phenoxy) is 2. The number of rotatable bonds is 8. The quantitative estimate of drug-likeness (QED) is 0.357. The van der Waals surface area contributed by atoms with Crippen LogP contribution in [-0.4, -0.2) is 34.9 Å². The van der Waals surface area contributed by atoms with E-state index >= 15 is 0 Å². The third-order valence-corrected chi connectivity index (χ3v) is 5.91. The highest BCUT2D eigenvalue weighted by atomic mass is 32.1. The van der Waals surface area contributed by atoms with E-state index in [1.807, 2.05) is 37.3 Å². The van der Waals surface area contributed by atoms with Gasteiger partial charge in [-0.05, 0) is 43.7 Å². The number of amides is 1. The summed E-state index contributed by atoms with van der Waals surface area (Å²) in [5.41, 5.74) is 1.49. The van der Waals surface area contributed by atoms with E-state index in [1.165, 1.54) is 28.3 Å². The van der Waals surface area contributed by atoms with Crippen LogP contribution >= 0.6 is 11.3 Å². The minimum atomic E-state index is -0.720. The third-order valence-electron chi connectivity index (χ3n) is 5.02. The van der Waals surface area contributed by atoms with Gasteiger partial charge in [0.15, 0.2) is 5.69 Å². The van der Waals surface area contributed by atoms with Gasteiger partial charge in [-0.2, -0.15) is 5.10 Å². The number of hydrogen-bond acceptors (Lipinski definition) is 7. The highest BCUT2D eigenvalue weighted by molar-refractivity contribution is 7.15. The molecule has 4 aromatic rings. The van der Waals surface area contributed by atoms with Crippen molar-refractivity contribution < 1.29 is 19.1 Å². The van der Waals surface area contributed by atoms with Gasteiger partial charge in [-0.25, -0.2) is 9.48 Å². The molecule has 0 saturated carbocycles. The molecular weight excluding hydrogens is 466 g/mol. The van der Waals surface area contributed by atoms with E-state index in [0.717, 1.165) is 5.56 Å². The summed E-state index contributed by atoms with van der Waals surface area (Å²) in [6, 6.07) is 17.7. The first kappa shape index (κ1) is 23.9. The second-order valence-electron chi connectivity index (χ2n) is 7.29. The number of esters is 1. The van der Waals surface area contributed by atoms with Crippen molar-refractivity contribution in [2.45, 2.75) is 13.8 Å². The molecule has 2 aromatic heterocycles. The molecule has 0 bridgehead atoms. The van der Waals surface area contributed by atoms with Gasteiger partial charge in [-0.1, -0.05) is 30.3 Å². The summed E-state index contributed by atoms with van der Waals surface area (Å²) in [5, 5.41) is 8.97. The third kappa shape index (κ3) is 5.30. The molecule has 0 atom stereocenters. The Morgan fingerprint density at radius 2 is 1.74 bits per heavy atom. The molecule has 4 rings (SSSR count). The van der Waals surface area contributed by atoms with E-state index in [2.05, 4.69) is 10.4 Å². The Morgan fingerprint density at radius 3 is 2.43 bits per heavy atom. The molecule has 0 spiro atoms. The Kier molecular flexibility index (Phi) is 7.37. The molecule has 9 heteroatoms. The molecule has 0 aliphatic heterocycles. The van der Waals surface area contributed by atoms with Crippen LogP contribution in [0.1, 0.15) is 34.7 Å². The molecule has 8 nitrogen and oxygen atoms in total. The maximum absolute atomic E-state index is 13.1. The average Bonchev–Trinajstić information content (AvgIpc) is 3.29. The van der Waals surface area contributed by atoms with Gasteiger partial charge in [-0.3, -0.25) is 9.59 Å². The Balaban J connectivity index is 1.66. The van der Waals surface area contributed by atoms with E-state index in [4.69, 9.17) is 9.47 Å². The maximum atomic E-state index is 13.1. The molecule has 35 heavy (non-hydrogen) atoms. The highest BCUT2D eigenvalue weighted by Gasteiger charge is 2.24. The summed E-state index contributed by atoms with van der Waals surface area (Å²) >= 11 is 1.18. The molecule has 0 aliphatic carbocycles. The molecule has 1 N–H and O–H groups in total. The number of aromatic nitrogens is 2. The standard InChI is InChI=1S/C26H23N3O5S/c1-3-33-19-12-10-18(11-13-19)29-15-14-21(30)23(28-29)24(31)27-25-22(26(32)34-4-2)20(16-35-25)17-8-6-5-7-9-17/h5-16H,3-4H2,1-2H3,(H,27,31). The molecule has 0 radical (unpaired) electrons. The lowest BCUT2D eigenvalue weighted by molar-refractivity contribution is 0.0529. The van der Waals surface area contributed by atoms with Gasteiger partial charge < -0.3 is 14.8 Å². The molecule has 0 fully saturated rings. The van der Waals surface area contributed by atoms with E-state index in [1.54, 1.807) is 36.6 Å². The second kappa shape index (κ2) is 10.8. The summed E-state index contributed by atoms with van der Waals surface area (Å²) in [7, 11) is 0. The van der Waals surface area contributed by atoms with Crippen molar-refractivity contribution in [1.29, 1.82) is 0 Å². The molecule has 2 aromatic carbocycles. The van der Waals surface area contributed by atoms with Gasteiger partial charge >= 0.3 is 5.97 Å². The van der Waals surface area contributed by atoms with Crippen molar-refractivity contribution in [3.8, 4) is 22.6 Å². The second-order valence-corrected chi connectivity index (χ2v) is 8.17. The Labute approximate surface area is 205 Å². The van der Waals surface area contributed by atoms with Crippen molar-refractivity contribution in [2.75, 3.05) is 18.5 Å². The van der Waals surface area contributed by atoms with Crippen LogP contribution in [0.4, 0.5) is 5.00 Å². The average molecular weight is 490 g/mol. The van der Waals surface area contributed by atoms with Crippen molar-refractivity contribution in [1.82, 2.24) is 9.78 Å². The van der Waals surface area contributed by atoms with Crippen molar-refractivity contribution in [3.63, 3.8) is 0 Å². The summed E-state index contributed by atoms with van der Waals surface area (Å²) < 4.78 is 12.1. The van der Waals surface area contributed by atoms with Gasteiger partial charge in [0.2, 0.25) is 5.43 Å². The van der Waals surface area contributed by atoms with E-state index < -0.39 is 17.3 Å². The predicted molar refractivity (Wildman–Crippen MR) is 135 cm³/mol. The van der Waals surface area contributed by atoms with Crippen LogP contribution in [0, 0.1) is 0 Å². The maximum Gasteiger partial charge on any atom is 0.341 e. The number of thiophene rings is 1. The van der Waals surface area contributed by atoms with Crippen LogP contribution in [0.2, 0.25) is 0 Å². The fourth-order valence-corrected chi connectivity index (χ4v) is 4.37. The largest absolute Gasteiger partial charge is 0.494 e. The van der Waals surface area contributed by atoms with Gasteiger partial charge in [0.25, 0.3) is 5.91 Å². The van der Waals surface area contributed by atoms with E-state index in [9.17, 15) is 14.4 Å². The van der Waals surface area contributed by atoms with Crippen LogP contribution in [0.15, 0.2) is 77.0 Å². The molecule has 1 amide bonds. The zero-order valence-electron chi connectivity index (χ0n) is 19.2. The number of benzene rings is 2. The summed E-state index contributed by atoms with van der Waals surface area (Å²) in [5.74, 6) is -0.577.